The number of hydrogen-bond donors (Lipinski definition) is 1. The predicted octanol–water partition coefficient (Wildman–Crippen LogP) is 3.08. The summed E-state index contributed by atoms with van der Waals surface area (Å²) in [4.78, 5) is 16.2. The number of carbonyl (C=O) groups excluding carboxylic acids is 1. The second-order valence-corrected chi connectivity index (χ2v) is 5.30. The third-order valence-corrected chi connectivity index (χ3v) is 3.77. The first-order valence-corrected chi connectivity index (χ1v) is 7.53. The second kappa shape index (κ2) is 7.56. The quantitative estimate of drug-likeness (QED) is 0.503. The molecule has 116 valence electrons. The molecular formula is C15H17N3O3S. The highest BCUT2D eigenvalue weighted by Gasteiger charge is 2.15. The highest BCUT2D eigenvalue weighted by atomic mass is 32.1. The fourth-order valence-electron chi connectivity index (χ4n) is 1.71. The van der Waals surface area contributed by atoms with E-state index < -0.39 is 5.97 Å². The van der Waals surface area contributed by atoms with Gasteiger partial charge in [0.05, 0.1) is 25.6 Å². The second-order valence-electron chi connectivity index (χ2n) is 4.30. The molecule has 0 fully saturated rings. The van der Waals surface area contributed by atoms with E-state index in [0.29, 0.717) is 22.3 Å². The summed E-state index contributed by atoms with van der Waals surface area (Å²) in [7, 11) is 1.35. The molecular weight excluding hydrogens is 302 g/mol. The van der Waals surface area contributed by atoms with Crippen molar-refractivity contribution in [2.45, 2.75) is 13.8 Å². The Hall–Kier alpha value is -2.41. The summed E-state index contributed by atoms with van der Waals surface area (Å²) >= 11 is 1.21. The van der Waals surface area contributed by atoms with E-state index in [1.165, 1.54) is 18.4 Å². The van der Waals surface area contributed by atoms with Crippen LogP contribution in [0.3, 0.4) is 0 Å². The summed E-state index contributed by atoms with van der Waals surface area (Å²) < 4.78 is 10.1. The number of benzene rings is 1. The van der Waals surface area contributed by atoms with Crippen LogP contribution in [-0.2, 0) is 4.74 Å². The van der Waals surface area contributed by atoms with Gasteiger partial charge in [0.15, 0.2) is 0 Å². The Labute approximate surface area is 132 Å². The SMILES string of the molecule is CCOc1ccc(/C=N\Nc2nc(C)c(C(=O)OC)s2)cc1. The first kappa shape index (κ1) is 16.0. The Morgan fingerprint density at radius 3 is 2.77 bits per heavy atom. The van der Waals surface area contributed by atoms with Gasteiger partial charge in [-0.15, -0.1) is 0 Å². The number of rotatable bonds is 6. The number of nitrogens with one attached hydrogen (secondary N) is 1. The minimum absolute atomic E-state index is 0.390. The molecule has 0 spiro atoms. The summed E-state index contributed by atoms with van der Waals surface area (Å²) in [5.41, 5.74) is 4.36. The van der Waals surface area contributed by atoms with Gasteiger partial charge in [-0.25, -0.2) is 9.78 Å². The van der Waals surface area contributed by atoms with Crippen LogP contribution in [0.1, 0.15) is 27.9 Å². The third-order valence-electron chi connectivity index (χ3n) is 2.73. The number of aryl methyl sites for hydroxylation is 1. The number of carbonyl (C=O) groups is 1. The van der Waals surface area contributed by atoms with Crippen molar-refractivity contribution in [1.82, 2.24) is 4.98 Å². The van der Waals surface area contributed by atoms with Gasteiger partial charge in [-0.2, -0.15) is 5.10 Å². The highest BCUT2D eigenvalue weighted by Crippen LogP contribution is 2.23. The number of nitrogens with zero attached hydrogens (tertiary/aromatic N) is 2. The van der Waals surface area contributed by atoms with E-state index in [-0.39, 0.29) is 0 Å². The van der Waals surface area contributed by atoms with Gasteiger partial charge in [0.2, 0.25) is 5.13 Å². The van der Waals surface area contributed by atoms with E-state index >= 15 is 0 Å². The maximum Gasteiger partial charge on any atom is 0.350 e. The number of anilines is 1. The van der Waals surface area contributed by atoms with Crippen LogP contribution in [0.2, 0.25) is 0 Å². The van der Waals surface area contributed by atoms with Crippen LogP contribution < -0.4 is 10.2 Å². The summed E-state index contributed by atoms with van der Waals surface area (Å²) in [6, 6.07) is 7.58. The van der Waals surface area contributed by atoms with Crippen molar-refractivity contribution >= 4 is 28.7 Å². The number of ether oxygens (including phenoxy) is 2. The zero-order chi connectivity index (χ0) is 15.9. The zero-order valence-electron chi connectivity index (χ0n) is 12.6. The van der Waals surface area contributed by atoms with Gasteiger partial charge in [-0.1, -0.05) is 11.3 Å². The highest BCUT2D eigenvalue weighted by molar-refractivity contribution is 7.17. The molecule has 0 radical (unpaired) electrons. The molecule has 0 saturated carbocycles. The predicted molar refractivity (Wildman–Crippen MR) is 87.0 cm³/mol. The Kier molecular flexibility index (Phi) is 5.48. The van der Waals surface area contributed by atoms with Crippen molar-refractivity contribution in [3.63, 3.8) is 0 Å². The molecule has 1 N–H and O–H groups in total. The van der Waals surface area contributed by atoms with Gasteiger partial charge < -0.3 is 9.47 Å². The molecule has 0 atom stereocenters. The van der Waals surface area contributed by atoms with E-state index in [0.717, 1.165) is 11.3 Å². The minimum atomic E-state index is -0.390. The van der Waals surface area contributed by atoms with E-state index in [4.69, 9.17) is 4.74 Å². The lowest BCUT2D eigenvalue weighted by Gasteiger charge is -2.01. The summed E-state index contributed by atoms with van der Waals surface area (Å²) in [6.45, 7) is 4.34. The molecule has 0 saturated heterocycles. The lowest BCUT2D eigenvalue weighted by molar-refractivity contribution is 0.0605. The number of esters is 1. The molecule has 0 aliphatic carbocycles. The fourth-order valence-corrected chi connectivity index (χ4v) is 2.54. The van der Waals surface area contributed by atoms with Crippen molar-refractivity contribution in [2.24, 2.45) is 5.10 Å². The van der Waals surface area contributed by atoms with Gasteiger partial charge in [0.25, 0.3) is 0 Å². The molecule has 22 heavy (non-hydrogen) atoms. The maximum atomic E-state index is 11.5. The van der Waals surface area contributed by atoms with Crippen molar-refractivity contribution in [3.05, 3.63) is 40.4 Å². The van der Waals surface area contributed by atoms with E-state index in [2.05, 4.69) is 20.2 Å². The smallest absolute Gasteiger partial charge is 0.350 e. The molecule has 0 amide bonds. The fraction of sp³-hybridized carbons (Fsp3) is 0.267. The lowest BCUT2D eigenvalue weighted by Crippen LogP contribution is -1.99. The van der Waals surface area contributed by atoms with Crippen molar-refractivity contribution < 1.29 is 14.3 Å². The zero-order valence-corrected chi connectivity index (χ0v) is 13.4. The number of hydrazone groups is 1. The van der Waals surface area contributed by atoms with Crippen molar-refractivity contribution in [2.75, 3.05) is 19.1 Å². The Balaban J connectivity index is 1.98. The van der Waals surface area contributed by atoms with Crippen LogP contribution in [0.25, 0.3) is 0 Å². The molecule has 7 heteroatoms. The van der Waals surface area contributed by atoms with E-state index in [9.17, 15) is 4.79 Å². The van der Waals surface area contributed by atoms with Crippen LogP contribution in [0.4, 0.5) is 5.13 Å². The first-order chi connectivity index (χ1) is 10.6. The van der Waals surface area contributed by atoms with Crippen LogP contribution in [-0.4, -0.2) is 30.9 Å². The lowest BCUT2D eigenvalue weighted by atomic mass is 10.2. The molecule has 0 unspecified atom stereocenters. The van der Waals surface area contributed by atoms with Crippen LogP contribution in [0, 0.1) is 6.92 Å². The number of thiazole rings is 1. The third kappa shape index (κ3) is 4.05. The normalized spacial score (nSPS) is 10.7. The Bertz CT molecular complexity index is 665. The van der Waals surface area contributed by atoms with Gasteiger partial charge >= 0.3 is 5.97 Å². The minimum Gasteiger partial charge on any atom is -0.494 e. The average Bonchev–Trinajstić information content (AvgIpc) is 2.89. The van der Waals surface area contributed by atoms with Gasteiger partial charge in [-0.3, -0.25) is 5.43 Å². The van der Waals surface area contributed by atoms with Gasteiger partial charge in [-0.05, 0) is 43.7 Å². The summed E-state index contributed by atoms with van der Waals surface area (Å²) in [6.07, 6.45) is 1.67. The first-order valence-electron chi connectivity index (χ1n) is 6.71. The van der Waals surface area contributed by atoms with Gasteiger partial charge in [0.1, 0.15) is 10.6 Å². The molecule has 6 nitrogen and oxygen atoms in total. The summed E-state index contributed by atoms with van der Waals surface area (Å²) in [5, 5.41) is 4.65. The standard InChI is InChI=1S/C15H17N3O3S/c1-4-21-12-7-5-11(6-8-12)9-16-18-15-17-10(2)13(22-15)14(19)20-3/h5-9H,4H2,1-3H3,(H,17,18)/b16-9-. The Morgan fingerprint density at radius 1 is 1.41 bits per heavy atom. The van der Waals surface area contributed by atoms with Crippen LogP contribution >= 0.6 is 11.3 Å². The van der Waals surface area contributed by atoms with E-state index in [1.807, 2.05) is 31.2 Å². The number of aromatic nitrogens is 1. The molecule has 0 aliphatic heterocycles. The average molecular weight is 319 g/mol. The van der Waals surface area contributed by atoms with Crippen LogP contribution in [0.5, 0.6) is 5.75 Å². The molecule has 0 aliphatic rings. The maximum absolute atomic E-state index is 11.5. The molecule has 1 aromatic heterocycles. The largest absolute Gasteiger partial charge is 0.494 e. The Morgan fingerprint density at radius 2 is 2.14 bits per heavy atom. The monoisotopic (exact) mass is 319 g/mol. The number of hydrogen-bond acceptors (Lipinski definition) is 7. The number of methoxy groups -OCH3 is 1. The van der Waals surface area contributed by atoms with Gasteiger partial charge in [0, 0.05) is 0 Å². The molecule has 1 aromatic carbocycles. The topological polar surface area (TPSA) is 72.8 Å². The summed E-state index contributed by atoms with van der Waals surface area (Å²) in [5.74, 6) is 0.435. The van der Waals surface area contributed by atoms with Crippen molar-refractivity contribution in [1.29, 1.82) is 0 Å². The molecule has 2 aromatic rings. The van der Waals surface area contributed by atoms with Crippen LogP contribution in [0.15, 0.2) is 29.4 Å². The molecule has 2 rings (SSSR count). The molecule has 1 heterocycles. The van der Waals surface area contributed by atoms with E-state index in [1.54, 1.807) is 13.1 Å². The van der Waals surface area contributed by atoms with Crippen molar-refractivity contribution in [3.8, 4) is 5.75 Å². The molecule has 0 bridgehead atoms.